The molecular weight excluding hydrogens is 302 g/mol. The maximum Gasteiger partial charge on any atom is 0.137 e. The highest BCUT2D eigenvalue weighted by molar-refractivity contribution is 7.80. The normalized spacial score (nSPS) is 10.5. The molecule has 0 aromatic heterocycles. The van der Waals surface area contributed by atoms with Gasteiger partial charge in [0.2, 0.25) is 0 Å². The van der Waals surface area contributed by atoms with E-state index in [0.717, 1.165) is 16.5 Å². The first-order chi connectivity index (χ1) is 10.2. The average molecular weight is 314 g/mol. The maximum absolute atomic E-state index is 6.22. The molecule has 0 amide bonds. The topological polar surface area (TPSA) is 35.2 Å². The first-order valence-corrected chi connectivity index (χ1v) is 7.19. The van der Waals surface area contributed by atoms with E-state index >= 15 is 0 Å². The molecule has 0 fully saturated rings. The lowest BCUT2D eigenvalue weighted by atomic mass is 10.1. The van der Waals surface area contributed by atoms with E-state index in [2.05, 4.69) is 0 Å². The molecule has 104 valence electrons. The number of nitrogens with two attached hydrogens (primary N) is 1. The molecule has 3 aromatic carbocycles. The van der Waals surface area contributed by atoms with E-state index in [1.165, 1.54) is 0 Å². The molecule has 0 unspecified atom stereocenters. The highest BCUT2D eigenvalue weighted by atomic mass is 35.5. The average Bonchev–Trinajstić information content (AvgIpc) is 2.51. The quantitative estimate of drug-likeness (QED) is 0.697. The van der Waals surface area contributed by atoms with Gasteiger partial charge in [-0.05, 0) is 24.3 Å². The number of hydrogen-bond acceptors (Lipinski definition) is 2. The summed E-state index contributed by atoms with van der Waals surface area (Å²) >= 11 is 11.3. The minimum atomic E-state index is 0.309. The second kappa shape index (κ2) is 5.72. The number of rotatable bonds is 3. The first-order valence-electron chi connectivity index (χ1n) is 6.41. The molecule has 0 aliphatic heterocycles. The smallest absolute Gasteiger partial charge is 0.137 e. The van der Waals surface area contributed by atoms with Gasteiger partial charge < -0.3 is 10.5 Å². The van der Waals surface area contributed by atoms with Gasteiger partial charge in [0.05, 0.1) is 5.56 Å². The molecule has 2 N–H and O–H groups in total. The zero-order valence-corrected chi connectivity index (χ0v) is 12.6. The lowest BCUT2D eigenvalue weighted by molar-refractivity contribution is 0.487. The number of hydrogen-bond donors (Lipinski definition) is 1. The Morgan fingerprint density at radius 2 is 1.52 bits per heavy atom. The summed E-state index contributed by atoms with van der Waals surface area (Å²) in [4.78, 5) is 0.309. The molecule has 0 heterocycles. The van der Waals surface area contributed by atoms with Crippen LogP contribution in [0.4, 0.5) is 0 Å². The third kappa shape index (κ3) is 2.71. The second-order valence-electron chi connectivity index (χ2n) is 4.55. The van der Waals surface area contributed by atoms with Crippen molar-refractivity contribution in [1.82, 2.24) is 0 Å². The number of fused-ring (bicyclic) bond motifs is 1. The van der Waals surface area contributed by atoms with Crippen LogP contribution < -0.4 is 10.5 Å². The monoisotopic (exact) mass is 313 g/mol. The van der Waals surface area contributed by atoms with Gasteiger partial charge in [-0.25, -0.2) is 0 Å². The summed E-state index contributed by atoms with van der Waals surface area (Å²) in [5, 5.41) is 2.59. The number of thiocarbonyl (C=S) groups is 1. The third-order valence-corrected chi connectivity index (χ3v) is 3.75. The summed E-state index contributed by atoms with van der Waals surface area (Å²) in [5.41, 5.74) is 6.45. The van der Waals surface area contributed by atoms with E-state index in [4.69, 9.17) is 34.3 Å². The van der Waals surface area contributed by atoms with Gasteiger partial charge in [0.15, 0.2) is 0 Å². The van der Waals surface area contributed by atoms with Crippen molar-refractivity contribution in [3.63, 3.8) is 0 Å². The second-order valence-corrected chi connectivity index (χ2v) is 5.40. The fraction of sp³-hybridized carbons (Fsp3) is 0. The van der Waals surface area contributed by atoms with Gasteiger partial charge in [0.1, 0.15) is 16.5 Å². The van der Waals surface area contributed by atoms with Crippen molar-refractivity contribution in [2.45, 2.75) is 0 Å². The van der Waals surface area contributed by atoms with Gasteiger partial charge in [-0.15, -0.1) is 0 Å². The Labute approximate surface area is 133 Å². The maximum atomic E-state index is 6.22. The highest BCUT2D eigenvalue weighted by Gasteiger charge is 2.10. The summed E-state index contributed by atoms with van der Waals surface area (Å²) < 4.78 is 6.01. The van der Waals surface area contributed by atoms with Gasteiger partial charge in [-0.1, -0.05) is 60.2 Å². The van der Waals surface area contributed by atoms with Gasteiger partial charge >= 0.3 is 0 Å². The Kier molecular flexibility index (Phi) is 3.78. The van der Waals surface area contributed by atoms with Crippen LogP contribution in [0.2, 0.25) is 5.02 Å². The van der Waals surface area contributed by atoms with Gasteiger partial charge in [0.25, 0.3) is 0 Å². The summed E-state index contributed by atoms with van der Waals surface area (Å²) in [6.07, 6.45) is 0. The molecule has 0 radical (unpaired) electrons. The minimum Gasteiger partial charge on any atom is -0.456 e. The SMILES string of the molecule is NC(=S)c1ccccc1Oc1ccc(Cl)c2ccccc12. The van der Waals surface area contributed by atoms with Crippen LogP contribution >= 0.6 is 23.8 Å². The first kappa shape index (κ1) is 13.9. The lowest BCUT2D eigenvalue weighted by Gasteiger charge is -2.12. The fourth-order valence-corrected chi connectivity index (χ4v) is 2.60. The number of halogens is 1. The summed E-state index contributed by atoms with van der Waals surface area (Å²) in [5.74, 6) is 1.36. The molecule has 0 saturated heterocycles. The highest BCUT2D eigenvalue weighted by Crippen LogP contribution is 2.35. The molecule has 3 rings (SSSR count). The van der Waals surface area contributed by atoms with Crippen molar-refractivity contribution >= 4 is 39.6 Å². The zero-order valence-electron chi connectivity index (χ0n) is 11.0. The van der Waals surface area contributed by atoms with E-state index in [9.17, 15) is 0 Å². The molecule has 0 atom stereocenters. The summed E-state index contributed by atoms with van der Waals surface area (Å²) in [7, 11) is 0. The van der Waals surface area contributed by atoms with Crippen molar-refractivity contribution in [3.8, 4) is 11.5 Å². The molecular formula is C17H12ClNOS. The van der Waals surface area contributed by atoms with E-state index in [0.29, 0.717) is 21.3 Å². The molecule has 0 bridgehead atoms. The van der Waals surface area contributed by atoms with Crippen LogP contribution in [0.5, 0.6) is 11.5 Å². The van der Waals surface area contributed by atoms with Crippen molar-refractivity contribution in [2.24, 2.45) is 5.73 Å². The lowest BCUT2D eigenvalue weighted by Crippen LogP contribution is -2.10. The Balaban J connectivity index is 2.11. The van der Waals surface area contributed by atoms with E-state index in [1.54, 1.807) is 0 Å². The Morgan fingerprint density at radius 1 is 0.857 bits per heavy atom. The minimum absolute atomic E-state index is 0.309. The van der Waals surface area contributed by atoms with Crippen LogP contribution in [0.3, 0.4) is 0 Å². The van der Waals surface area contributed by atoms with Gasteiger partial charge in [0, 0.05) is 15.8 Å². The van der Waals surface area contributed by atoms with Crippen LogP contribution in [0.25, 0.3) is 10.8 Å². The molecule has 4 heteroatoms. The molecule has 0 saturated carbocycles. The molecule has 0 spiro atoms. The number of benzene rings is 3. The standard InChI is InChI=1S/C17H12ClNOS/c18-14-9-10-16(12-6-2-1-5-11(12)14)20-15-8-4-3-7-13(15)17(19)21/h1-10H,(H2,19,21). The van der Waals surface area contributed by atoms with E-state index < -0.39 is 0 Å². The van der Waals surface area contributed by atoms with Crippen LogP contribution in [-0.4, -0.2) is 4.99 Å². The van der Waals surface area contributed by atoms with Crippen molar-refractivity contribution < 1.29 is 4.74 Å². The summed E-state index contributed by atoms with van der Waals surface area (Å²) in [6.45, 7) is 0. The molecule has 0 aliphatic rings. The Hall–Kier alpha value is -2.10. The van der Waals surface area contributed by atoms with Crippen LogP contribution in [0.1, 0.15) is 5.56 Å². The summed E-state index contributed by atoms with van der Waals surface area (Å²) in [6, 6.07) is 18.9. The van der Waals surface area contributed by atoms with Crippen molar-refractivity contribution in [1.29, 1.82) is 0 Å². The largest absolute Gasteiger partial charge is 0.456 e. The van der Waals surface area contributed by atoms with Crippen LogP contribution in [0, 0.1) is 0 Å². The fourth-order valence-electron chi connectivity index (χ4n) is 2.20. The molecule has 3 aromatic rings. The van der Waals surface area contributed by atoms with E-state index in [-0.39, 0.29) is 0 Å². The predicted octanol–water partition coefficient (Wildman–Crippen LogP) is 4.92. The van der Waals surface area contributed by atoms with Gasteiger partial charge in [-0.2, -0.15) is 0 Å². The molecule has 21 heavy (non-hydrogen) atoms. The number of para-hydroxylation sites is 1. The van der Waals surface area contributed by atoms with Crippen LogP contribution in [0.15, 0.2) is 60.7 Å². The Morgan fingerprint density at radius 3 is 2.29 bits per heavy atom. The Bertz CT molecular complexity index is 832. The van der Waals surface area contributed by atoms with E-state index in [1.807, 2.05) is 60.7 Å². The molecule has 2 nitrogen and oxygen atoms in total. The number of ether oxygens (including phenoxy) is 1. The molecule has 0 aliphatic carbocycles. The zero-order chi connectivity index (χ0) is 14.8. The van der Waals surface area contributed by atoms with Crippen LogP contribution in [-0.2, 0) is 0 Å². The predicted molar refractivity (Wildman–Crippen MR) is 91.4 cm³/mol. The van der Waals surface area contributed by atoms with Crippen molar-refractivity contribution in [3.05, 3.63) is 71.2 Å². The van der Waals surface area contributed by atoms with Crippen molar-refractivity contribution in [2.75, 3.05) is 0 Å². The third-order valence-electron chi connectivity index (χ3n) is 3.20. The van der Waals surface area contributed by atoms with Gasteiger partial charge in [-0.3, -0.25) is 0 Å².